The molecule has 0 saturated heterocycles. The van der Waals surface area contributed by atoms with Crippen LogP contribution in [0.2, 0.25) is 0 Å². The molecule has 0 fully saturated rings. The van der Waals surface area contributed by atoms with Crippen LogP contribution in [0.1, 0.15) is 21.5 Å². The molecular weight excluding hydrogens is 256 g/mol. The van der Waals surface area contributed by atoms with E-state index in [1.54, 1.807) is 31.2 Å². The topological polar surface area (TPSA) is 95.6 Å². The van der Waals surface area contributed by atoms with Gasteiger partial charge in [0.05, 0.1) is 0 Å². The van der Waals surface area contributed by atoms with E-state index >= 15 is 0 Å². The van der Waals surface area contributed by atoms with Crippen LogP contribution in [0, 0.1) is 6.92 Å². The van der Waals surface area contributed by atoms with Gasteiger partial charge in [0.15, 0.2) is 0 Å². The number of nitrogen functional groups attached to an aromatic ring is 1. The maximum atomic E-state index is 11.9. The first-order valence-corrected chi connectivity index (χ1v) is 6.12. The van der Waals surface area contributed by atoms with E-state index in [2.05, 4.69) is 5.32 Å². The summed E-state index contributed by atoms with van der Waals surface area (Å²) in [5.74, 6) is -0.183. The Hall–Kier alpha value is -2.69. The second kappa shape index (κ2) is 5.52. The van der Waals surface area contributed by atoms with Gasteiger partial charge in [-0.1, -0.05) is 6.07 Å². The van der Waals surface area contributed by atoms with E-state index in [1.807, 2.05) is 0 Å². The average Bonchev–Trinajstić information content (AvgIpc) is 2.42. The molecule has 2 rings (SSSR count). The molecule has 0 bridgehead atoms. The van der Waals surface area contributed by atoms with Gasteiger partial charge < -0.3 is 21.3 Å². The molecule has 0 atom stereocenters. The summed E-state index contributed by atoms with van der Waals surface area (Å²) >= 11 is 0. The smallest absolute Gasteiger partial charge is 0.251 e. The molecule has 0 heterocycles. The fourth-order valence-electron chi connectivity index (χ4n) is 1.78. The Balaban J connectivity index is 2.08. The van der Waals surface area contributed by atoms with Crippen LogP contribution in [-0.4, -0.2) is 16.1 Å². The van der Waals surface area contributed by atoms with Crippen molar-refractivity contribution in [2.75, 3.05) is 5.73 Å². The lowest BCUT2D eigenvalue weighted by Gasteiger charge is -2.09. The van der Waals surface area contributed by atoms with Crippen molar-refractivity contribution in [1.82, 2.24) is 5.32 Å². The standard InChI is InChI=1S/C15H16N2O3/c1-9-2-3-10(7-14(9)19)15(20)17-8-11-6-12(16)4-5-13(11)18/h2-7,18-19H,8,16H2,1H3,(H,17,20). The summed E-state index contributed by atoms with van der Waals surface area (Å²) in [6.07, 6.45) is 0. The number of phenolic OH excluding ortho intramolecular Hbond substituents is 2. The van der Waals surface area contributed by atoms with Gasteiger partial charge >= 0.3 is 0 Å². The molecule has 0 spiro atoms. The second-order valence-electron chi connectivity index (χ2n) is 4.57. The molecule has 1 amide bonds. The highest BCUT2D eigenvalue weighted by Gasteiger charge is 2.09. The zero-order valence-electron chi connectivity index (χ0n) is 11.1. The lowest BCUT2D eigenvalue weighted by Crippen LogP contribution is -2.22. The van der Waals surface area contributed by atoms with Crippen molar-refractivity contribution in [3.8, 4) is 11.5 Å². The van der Waals surface area contributed by atoms with E-state index < -0.39 is 0 Å². The lowest BCUT2D eigenvalue weighted by atomic mass is 10.1. The Morgan fingerprint density at radius 3 is 2.60 bits per heavy atom. The van der Waals surface area contributed by atoms with Crippen LogP contribution in [0.4, 0.5) is 5.69 Å². The quantitative estimate of drug-likeness (QED) is 0.507. The molecule has 5 nitrogen and oxygen atoms in total. The highest BCUT2D eigenvalue weighted by Crippen LogP contribution is 2.20. The third-order valence-corrected chi connectivity index (χ3v) is 3.01. The van der Waals surface area contributed by atoms with Crippen molar-refractivity contribution in [3.05, 3.63) is 53.1 Å². The Morgan fingerprint density at radius 2 is 1.90 bits per heavy atom. The fraction of sp³-hybridized carbons (Fsp3) is 0.133. The van der Waals surface area contributed by atoms with Crippen LogP contribution < -0.4 is 11.1 Å². The molecule has 0 saturated carbocycles. The van der Waals surface area contributed by atoms with Crippen molar-refractivity contribution in [3.63, 3.8) is 0 Å². The Labute approximate surface area is 116 Å². The molecule has 20 heavy (non-hydrogen) atoms. The Bertz CT molecular complexity index is 654. The summed E-state index contributed by atoms with van der Waals surface area (Å²) < 4.78 is 0. The number of aromatic hydroxyl groups is 2. The van der Waals surface area contributed by atoms with Crippen molar-refractivity contribution in [1.29, 1.82) is 0 Å². The average molecular weight is 272 g/mol. The summed E-state index contributed by atoms with van der Waals surface area (Å²) in [5.41, 5.74) is 7.74. The Morgan fingerprint density at radius 1 is 1.15 bits per heavy atom. The van der Waals surface area contributed by atoms with Gasteiger partial charge in [-0.05, 0) is 42.8 Å². The number of hydrogen-bond donors (Lipinski definition) is 4. The van der Waals surface area contributed by atoms with Crippen LogP contribution >= 0.6 is 0 Å². The maximum absolute atomic E-state index is 11.9. The van der Waals surface area contributed by atoms with E-state index in [0.29, 0.717) is 22.4 Å². The van der Waals surface area contributed by atoms with Crippen molar-refractivity contribution in [2.45, 2.75) is 13.5 Å². The zero-order valence-corrected chi connectivity index (χ0v) is 11.1. The number of aryl methyl sites for hydroxylation is 1. The molecule has 0 aliphatic rings. The van der Waals surface area contributed by atoms with E-state index in [0.717, 1.165) is 0 Å². The minimum Gasteiger partial charge on any atom is -0.508 e. The van der Waals surface area contributed by atoms with Gasteiger partial charge in [0.2, 0.25) is 0 Å². The number of hydrogen-bond acceptors (Lipinski definition) is 4. The predicted octanol–water partition coefficient (Wildman–Crippen LogP) is 1.92. The molecule has 2 aromatic rings. The number of benzene rings is 2. The highest BCUT2D eigenvalue weighted by molar-refractivity contribution is 5.94. The molecule has 0 aromatic heterocycles. The minimum atomic E-state index is -0.331. The number of nitrogens with two attached hydrogens (primary N) is 1. The van der Waals surface area contributed by atoms with Crippen molar-refractivity contribution < 1.29 is 15.0 Å². The minimum absolute atomic E-state index is 0.0736. The summed E-state index contributed by atoms with van der Waals surface area (Å²) in [6, 6.07) is 9.37. The number of phenols is 2. The molecule has 5 N–H and O–H groups in total. The third-order valence-electron chi connectivity index (χ3n) is 3.01. The van der Waals surface area contributed by atoms with Gasteiger partial charge in [-0.25, -0.2) is 0 Å². The summed E-state index contributed by atoms with van der Waals surface area (Å²) in [5, 5.41) is 21.9. The lowest BCUT2D eigenvalue weighted by molar-refractivity contribution is 0.0950. The number of carbonyl (C=O) groups excluding carboxylic acids is 1. The monoisotopic (exact) mass is 272 g/mol. The SMILES string of the molecule is Cc1ccc(C(=O)NCc2cc(N)ccc2O)cc1O. The number of anilines is 1. The number of carbonyl (C=O) groups is 1. The van der Waals surface area contributed by atoms with Crippen molar-refractivity contribution in [2.24, 2.45) is 0 Å². The summed E-state index contributed by atoms with van der Waals surface area (Å²) in [7, 11) is 0. The van der Waals surface area contributed by atoms with Crippen LogP contribution in [0.3, 0.4) is 0 Å². The molecule has 2 aromatic carbocycles. The van der Waals surface area contributed by atoms with Crippen molar-refractivity contribution >= 4 is 11.6 Å². The first-order valence-electron chi connectivity index (χ1n) is 6.12. The van der Waals surface area contributed by atoms with Gasteiger partial charge in [0.25, 0.3) is 5.91 Å². The molecule has 5 heteroatoms. The zero-order chi connectivity index (χ0) is 14.7. The molecule has 104 valence electrons. The first-order chi connectivity index (χ1) is 9.47. The fourth-order valence-corrected chi connectivity index (χ4v) is 1.78. The third kappa shape index (κ3) is 3.00. The number of nitrogens with one attached hydrogen (secondary N) is 1. The summed E-state index contributed by atoms with van der Waals surface area (Å²) in [6.45, 7) is 1.91. The summed E-state index contributed by atoms with van der Waals surface area (Å²) in [4.78, 5) is 11.9. The van der Waals surface area contributed by atoms with E-state index in [-0.39, 0.29) is 24.0 Å². The van der Waals surface area contributed by atoms with Gasteiger partial charge in [-0.3, -0.25) is 4.79 Å². The van der Waals surface area contributed by atoms with E-state index in [4.69, 9.17) is 5.73 Å². The maximum Gasteiger partial charge on any atom is 0.251 e. The van der Waals surface area contributed by atoms with Gasteiger partial charge in [-0.2, -0.15) is 0 Å². The predicted molar refractivity (Wildman–Crippen MR) is 76.5 cm³/mol. The van der Waals surface area contributed by atoms with Gasteiger partial charge in [0.1, 0.15) is 11.5 Å². The Kier molecular flexibility index (Phi) is 3.79. The van der Waals surface area contributed by atoms with Crippen LogP contribution in [-0.2, 0) is 6.54 Å². The molecule has 0 radical (unpaired) electrons. The van der Waals surface area contributed by atoms with Crippen LogP contribution in [0.15, 0.2) is 36.4 Å². The van der Waals surface area contributed by atoms with Crippen LogP contribution in [0.25, 0.3) is 0 Å². The molecule has 0 aliphatic heterocycles. The van der Waals surface area contributed by atoms with Crippen LogP contribution in [0.5, 0.6) is 11.5 Å². The normalized spacial score (nSPS) is 10.2. The second-order valence-corrected chi connectivity index (χ2v) is 4.57. The number of rotatable bonds is 3. The van der Waals surface area contributed by atoms with E-state index in [9.17, 15) is 15.0 Å². The van der Waals surface area contributed by atoms with Gasteiger partial charge in [-0.15, -0.1) is 0 Å². The molecule has 0 aliphatic carbocycles. The van der Waals surface area contributed by atoms with E-state index in [1.165, 1.54) is 12.1 Å². The molecule has 0 unspecified atom stereocenters. The largest absolute Gasteiger partial charge is 0.508 e. The number of amides is 1. The van der Waals surface area contributed by atoms with Gasteiger partial charge in [0, 0.05) is 23.4 Å². The molecular formula is C15H16N2O3. The highest BCUT2D eigenvalue weighted by atomic mass is 16.3. The first kappa shape index (κ1) is 13.7.